The van der Waals surface area contributed by atoms with Gasteiger partial charge in [-0.2, -0.15) is 4.31 Å². The molecule has 2 aliphatic rings. The van der Waals surface area contributed by atoms with Gasteiger partial charge >= 0.3 is 0 Å². The van der Waals surface area contributed by atoms with Crippen molar-refractivity contribution in [3.63, 3.8) is 0 Å². The highest BCUT2D eigenvalue weighted by Gasteiger charge is 2.50. The minimum atomic E-state index is -3.37. The molecule has 5 nitrogen and oxygen atoms in total. The Morgan fingerprint density at radius 3 is 2.67 bits per heavy atom. The van der Waals surface area contributed by atoms with E-state index in [9.17, 15) is 12.8 Å². The molecule has 1 atom stereocenters. The molecule has 15 heavy (non-hydrogen) atoms. The molecule has 2 N–H and O–H groups in total. The minimum Gasteiger partial charge on any atom is -0.380 e. The van der Waals surface area contributed by atoms with Crippen LogP contribution in [0.15, 0.2) is 0 Å². The predicted octanol–water partition coefficient (Wildman–Crippen LogP) is -0.912. The maximum Gasteiger partial charge on any atom is 0.219 e. The molecular weight excluding hydrogens is 223 g/mol. The van der Waals surface area contributed by atoms with E-state index in [0.717, 1.165) is 0 Å². The van der Waals surface area contributed by atoms with E-state index in [1.807, 2.05) is 0 Å². The standard InChI is InChI=1S/C8H15FN2O3S/c9-8(4-10)5-11(6-8)15(12,13)7-1-2-14-3-7/h7H,1-6,10H2. The van der Waals surface area contributed by atoms with Gasteiger partial charge in [0.25, 0.3) is 0 Å². The lowest BCUT2D eigenvalue weighted by Crippen LogP contribution is -2.65. The number of hydrogen-bond donors (Lipinski definition) is 1. The summed E-state index contributed by atoms with van der Waals surface area (Å²) in [6.07, 6.45) is 0.501. The van der Waals surface area contributed by atoms with E-state index in [4.69, 9.17) is 10.5 Å². The maximum atomic E-state index is 13.4. The van der Waals surface area contributed by atoms with Gasteiger partial charge in [0.15, 0.2) is 5.67 Å². The molecule has 0 radical (unpaired) electrons. The molecule has 7 heteroatoms. The molecule has 0 saturated carbocycles. The number of nitrogens with zero attached hydrogens (tertiary/aromatic N) is 1. The summed E-state index contributed by atoms with van der Waals surface area (Å²) in [6.45, 7) is 0.348. The zero-order valence-corrected chi connectivity index (χ0v) is 9.17. The highest BCUT2D eigenvalue weighted by Crippen LogP contribution is 2.30. The van der Waals surface area contributed by atoms with Crippen molar-refractivity contribution in [2.45, 2.75) is 17.3 Å². The quantitative estimate of drug-likeness (QED) is 0.690. The van der Waals surface area contributed by atoms with Crippen molar-refractivity contribution in [3.05, 3.63) is 0 Å². The van der Waals surface area contributed by atoms with E-state index >= 15 is 0 Å². The van der Waals surface area contributed by atoms with Gasteiger partial charge in [-0.05, 0) is 6.42 Å². The Balaban J connectivity index is 2.00. The van der Waals surface area contributed by atoms with Gasteiger partial charge in [-0.25, -0.2) is 12.8 Å². The summed E-state index contributed by atoms with van der Waals surface area (Å²) in [5.74, 6) is 0. The third-order valence-corrected chi connectivity index (χ3v) is 5.15. The number of nitrogens with two attached hydrogens (primary N) is 1. The molecule has 0 aromatic heterocycles. The Bertz CT molecular complexity index is 334. The highest BCUT2D eigenvalue weighted by atomic mass is 32.2. The van der Waals surface area contributed by atoms with Crippen molar-refractivity contribution >= 4 is 10.0 Å². The van der Waals surface area contributed by atoms with Crippen LogP contribution in [0.1, 0.15) is 6.42 Å². The number of ether oxygens (including phenoxy) is 1. The molecule has 0 spiro atoms. The second kappa shape index (κ2) is 3.65. The molecule has 2 saturated heterocycles. The summed E-state index contributed by atoms with van der Waals surface area (Å²) in [4.78, 5) is 0. The molecule has 2 heterocycles. The Morgan fingerprint density at radius 2 is 2.20 bits per heavy atom. The number of sulfonamides is 1. The topological polar surface area (TPSA) is 72.6 Å². The first-order valence-corrected chi connectivity index (χ1v) is 6.44. The predicted molar refractivity (Wildman–Crippen MR) is 52.6 cm³/mol. The summed E-state index contributed by atoms with van der Waals surface area (Å²) in [6, 6.07) is 0. The fraction of sp³-hybridized carbons (Fsp3) is 1.00. The maximum absolute atomic E-state index is 13.4. The van der Waals surface area contributed by atoms with Gasteiger partial charge in [-0.3, -0.25) is 0 Å². The summed E-state index contributed by atoms with van der Waals surface area (Å²) in [5.41, 5.74) is 3.68. The third-order valence-electron chi connectivity index (χ3n) is 2.95. The van der Waals surface area contributed by atoms with Crippen LogP contribution < -0.4 is 5.73 Å². The van der Waals surface area contributed by atoms with Crippen molar-refractivity contribution in [1.82, 2.24) is 4.31 Å². The van der Waals surface area contributed by atoms with Crippen LogP contribution in [0.2, 0.25) is 0 Å². The lowest BCUT2D eigenvalue weighted by atomic mass is 10.0. The van der Waals surface area contributed by atoms with Crippen LogP contribution in [0.5, 0.6) is 0 Å². The van der Waals surface area contributed by atoms with E-state index in [2.05, 4.69) is 0 Å². The summed E-state index contributed by atoms with van der Waals surface area (Å²) in [7, 11) is -3.37. The van der Waals surface area contributed by atoms with Gasteiger partial charge < -0.3 is 10.5 Å². The van der Waals surface area contributed by atoms with Gasteiger partial charge in [0.1, 0.15) is 5.25 Å². The zero-order chi connectivity index (χ0) is 11.1. The van der Waals surface area contributed by atoms with Gasteiger partial charge in [0.2, 0.25) is 10.0 Å². The van der Waals surface area contributed by atoms with Gasteiger partial charge in [0.05, 0.1) is 19.7 Å². The van der Waals surface area contributed by atoms with E-state index in [0.29, 0.717) is 13.0 Å². The van der Waals surface area contributed by atoms with E-state index in [-0.39, 0.29) is 26.2 Å². The van der Waals surface area contributed by atoms with Crippen LogP contribution >= 0.6 is 0 Å². The molecule has 0 bridgehead atoms. The SMILES string of the molecule is NCC1(F)CN(S(=O)(=O)C2CCOC2)C1. The first kappa shape index (κ1) is 11.3. The molecule has 1 unspecified atom stereocenters. The average Bonchev–Trinajstić information content (AvgIpc) is 2.65. The Kier molecular flexibility index (Phi) is 2.74. The second-order valence-corrected chi connectivity index (χ2v) is 6.37. The smallest absolute Gasteiger partial charge is 0.219 e. The number of hydrogen-bond acceptors (Lipinski definition) is 4. The van der Waals surface area contributed by atoms with Gasteiger partial charge in [0, 0.05) is 13.2 Å². The molecule has 2 rings (SSSR count). The highest BCUT2D eigenvalue weighted by molar-refractivity contribution is 7.89. The molecule has 2 fully saturated rings. The van der Waals surface area contributed by atoms with Crippen molar-refractivity contribution in [1.29, 1.82) is 0 Å². The minimum absolute atomic E-state index is 0.109. The molecule has 0 aliphatic carbocycles. The fourth-order valence-corrected chi connectivity index (χ4v) is 3.76. The fourth-order valence-electron chi connectivity index (χ4n) is 1.85. The van der Waals surface area contributed by atoms with Crippen molar-refractivity contribution in [3.8, 4) is 0 Å². The number of alkyl halides is 1. The molecule has 0 aromatic rings. The average molecular weight is 238 g/mol. The van der Waals surface area contributed by atoms with Gasteiger partial charge in [-0.15, -0.1) is 0 Å². The summed E-state index contributed by atoms with van der Waals surface area (Å²) >= 11 is 0. The lowest BCUT2D eigenvalue weighted by Gasteiger charge is -2.43. The molecule has 2 aliphatic heterocycles. The molecule has 88 valence electrons. The van der Waals surface area contributed by atoms with Crippen LogP contribution in [0.4, 0.5) is 4.39 Å². The van der Waals surface area contributed by atoms with E-state index in [1.165, 1.54) is 4.31 Å². The first-order chi connectivity index (χ1) is 6.98. The summed E-state index contributed by atoms with van der Waals surface area (Å²) < 4.78 is 43.3. The van der Waals surface area contributed by atoms with E-state index in [1.54, 1.807) is 0 Å². The first-order valence-electron chi connectivity index (χ1n) is 4.94. The monoisotopic (exact) mass is 238 g/mol. The number of halogens is 1. The molecule has 0 amide bonds. The summed E-state index contributed by atoms with van der Waals surface area (Å²) in [5, 5.41) is -0.500. The van der Waals surface area contributed by atoms with Crippen molar-refractivity contribution in [2.24, 2.45) is 5.73 Å². The van der Waals surface area contributed by atoms with E-state index < -0.39 is 20.9 Å². The van der Waals surface area contributed by atoms with Crippen LogP contribution in [0, 0.1) is 0 Å². The van der Waals surface area contributed by atoms with Crippen LogP contribution in [0.3, 0.4) is 0 Å². The van der Waals surface area contributed by atoms with Crippen molar-refractivity contribution < 1.29 is 17.5 Å². The van der Waals surface area contributed by atoms with Gasteiger partial charge in [-0.1, -0.05) is 0 Å². The van der Waals surface area contributed by atoms with Crippen molar-refractivity contribution in [2.75, 3.05) is 32.8 Å². The Morgan fingerprint density at radius 1 is 1.53 bits per heavy atom. The molecular formula is C8H15FN2O3S. The normalized spacial score (nSPS) is 31.5. The lowest BCUT2D eigenvalue weighted by molar-refractivity contribution is 0.0294. The second-order valence-electron chi connectivity index (χ2n) is 4.15. The van der Waals surface area contributed by atoms with Crippen LogP contribution in [-0.2, 0) is 14.8 Å². The Labute approximate surface area is 88.4 Å². The molecule has 0 aromatic carbocycles. The largest absolute Gasteiger partial charge is 0.380 e. The Hall–Kier alpha value is -0.240. The van der Waals surface area contributed by atoms with Crippen LogP contribution in [0.25, 0.3) is 0 Å². The van der Waals surface area contributed by atoms with Crippen LogP contribution in [-0.4, -0.2) is 56.5 Å². The third kappa shape index (κ3) is 1.89. The number of rotatable bonds is 3. The zero-order valence-electron chi connectivity index (χ0n) is 8.36.